The summed E-state index contributed by atoms with van der Waals surface area (Å²) >= 11 is 0. The van der Waals surface area contributed by atoms with Crippen molar-refractivity contribution in [3.63, 3.8) is 0 Å². The molecule has 0 unspecified atom stereocenters. The van der Waals surface area contributed by atoms with Crippen molar-refractivity contribution in [1.29, 1.82) is 0 Å². The van der Waals surface area contributed by atoms with Gasteiger partial charge in [0.15, 0.2) is 0 Å². The molecule has 0 aromatic carbocycles. The summed E-state index contributed by atoms with van der Waals surface area (Å²) in [7, 11) is 0. The van der Waals surface area contributed by atoms with Crippen molar-refractivity contribution in [2.24, 2.45) is 5.92 Å². The van der Waals surface area contributed by atoms with Crippen LogP contribution in [0.15, 0.2) is 0 Å². The molecule has 1 aliphatic rings. The second-order valence-electron chi connectivity index (χ2n) is 3.04. The quantitative estimate of drug-likeness (QED) is 0.508. The molecule has 0 radical (unpaired) electrons. The van der Waals surface area contributed by atoms with Crippen molar-refractivity contribution in [2.45, 2.75) is 18.9 Å². The average Bonchev–Trinajstić information content (AvgIpc) is 2.62. The number of aliphatic hydroxyl groups is 1. The fourth-order valence-electron chi connectivity index (χ4n) is 1.33. The molecule has 1 amide bonds. The van der Waals surface area contributed by atoms with Crippen LogP contribution in [0.5, 0.6) is 0 Å². The van der Waals surface area contributed by atoms with Crippen molar-refractivity contribution < 1.29 is 19.8 Å². The molecule has 0 aromatic heterocycles. The summed E-state index contributed by atoms with van der Waals surface area (Å²) in [5, 5.41) is 19.7. The summed E-state index contributed by atoms with van der Waals surface area (Å²) in [6.45, 7) is 1.06. The van der Waals surface area contributed by atoms with Gasteiger partial charge >= 0.3 is 5.97 Å². The summed E-state index contributed by atoms with van der Waals surface area (Å²) in [5.74, 6) is -1.79. The Bertz CT molecular complexity index is 227. The standard InChI is InChI=1S/C7H11NO4/c1-4(10)8-7(6(11)12)2-5(7)3-9/h5,9H,2-3H2,1H3,(H,8,10)(H,11,12)/t5-,7-/m1/s1. The number of aliphatic carboxylic acids is 1. The van der Waals surface area contributed by atoms with E-state index in [4.69, 9.17) is 10.2 Å². The third-order valence-corrected chi connectivity index (χ3v) is 2.11. The van der Waals surface area contributed by atoms with Crippen molar-refractivity contribution in [2.75, 3.05) is 6.61 Å². The number of carboxylic acids is 1. The number of hydrogen-bond acceptors (Lipinski definition) is 3. The summed E-state index contributed by atoms with van der Waals surface area (Å²) in [4.78, 5) is 21.3. The fraction of sp³-hybridized carbons (Fsp3) is 0.714. The molecular weight excluding hydrogens is 162 g/mol. The van der Waals surface area contributed by atoms with Gasteiger partial charge in [0.2, 0.25) is 5.91 Å². The molecule has 0 aliphatic heterocycles. The molecule has 3 N–H and O–H groups in total. The van der Waals surface area contributed by atoms with Gasteiger partial charge in [-0.25, -0.2) is 4.79 Å². The first-order valence-corrected chi connectivity index (χ1v) is 3.66. The normalized spacial score (nSPS) is 32.7. The molecule has 68 valence electrons. The topological polar surface area (TPSA) is 86.6 Å². The Balaban J connectivity index is 2.65. The van der Waals surface area contributed by atoms with Gasteiger partial charge in [-0.1, -0.05) is 0 Å². The molecular formula is C7H11NO4. The molecule has 0 bridgehead atoms. The third-order valence-electron chi connectivity index (χ3n) is 2.11. The van der Waals surface area contributed by atoms with Gasteiger partial charge in [0.1, 0.15) is 5.54 Å². The smallest absolute Gasteiger partial charge is 0.329 e. The first kappa shape index (κ1) is 8.99. The predicted octanol–water partition coefficient (Wildman–Crippen LogP) is -1.04. The van der Waals surface area contributed by atoms with Crippen LogP contribution in [0, 0.1) is 5.92 Å². The lowest BCUT2D eigenvalue weighted by Gasteiger charge is -2.11. The Hall–Kier alpha value is -1.10. The lowest BCUT2D eigenvalue weighted by atomic mass is 10.2. The molecule has 2 atom stereocenters. The Morgan fingerprint density at radius 3 is 2.50 bits per heavy atom. The first-order valence-electron chi connectivity index (χ1n) is 3.66. The fourth-order valence-corrected chi connectivity index (χ4v) is 1.33. The highest BCUT2D eigenvalue weighted by Gasteiger charge is 2.61. The van der Waals surface area contributed by atoms with Crippen LogP contribution in [0.2, 0.25) is 0 Å². The minimum atomic E-state index is -1.19. The lowest BCUT2D eigenvalue weighted by molar-refractivity contribution is -0.143. The van der Waals surface area contributed by atoms with E-state index in [1.807, 2.05) is 0 Å². The number of rotatable bonds is 3. The van der Waals surface area contributed by atoms with Gasteiger partial charge < -0.3 is 15.5 Å². The van der Waals surface area contributed by atoms with Crippen molar-refractivity contribution in [3.05, 3.63) is 0 Å². The zero-order chi connectivity index (χ0) is 9.35. The Kier molecular flexibility index (Phi) is 2.06. The van der Waals surface area contributed by atoms with Gasteiger partial charge in [0, 0.05) is 19.4 Å². The van der Waals surface area contributed by atoms with Crippen molar-refractivity contribution >= 4 is 11.9 Å². The second-order valence-corrected chi connectivity index (χ2v) is 3.04. The second kappa shape index (κ2) is 2.75. The van der Waals surface area contributed by atoms with Crippen LogP contribution < -0.4 is 5.32 Å². The SMILES string of the molecule is CC(=O)N[C@]1(C(=O)O)C[C@@H]1CO. The summed E-state index contributed by atoms with van der Waals surface area (Å²) in [6, 6.07) is 0. The zero-order valence-electron chi connectivity index (χ0n) is 6.70. The van der Waals surface area contributed by atoms with E-state index in [9.17, 15) is 9.59 Å². The van der Waals surface area contributed by atoms with Crippen LogP contribution in [0.1, 0.15) is 13.3 Å². The van der Waals surface area contributed by atoms with Crippen LogP contribution in [-0.4, -0.2) is 34.2 Å². The van der Waals surface area contributed by atoms with E-state index in [0.29, 0.717) is 6.42 Å². The van der Waals surface area contributed by atoms with Crippen LogP contribution in [0.25, 0.3) is 0 Å². The van der Waals surface area contributed by atoms with Crippen LogP contribution in [0.4, 0.5) is 0 Å². The molecule has 5 nitrogen and oxygen atoms in total. The number of carbonyl (C=O) groups is 2. The van der Waals surface area contributed by atoms with Crippen LogP contribution in [0.3, 0.4) is 0 Å². The van der Waals surface area contributed by atoms with Gasteiger partial charge in [0.25, 0.3) is 0 Å². The number of aliphatic hydroxyl groups excluding tert-OH is 1. The van der Waals surface area contributed by atoms with Gasteiger partial charge in [-0.05, 0) is 6.42 Å². The van der Waals surface area contributed by atoms with Crippen LogP contribution >= 0.6 is 0 Å². The number of amides is 1. The number of carboxylic acid groups (broad SMARTS) is 1. The molecule has 1 rings (SSSR count). The van der Waals surface area contributed by atoms with Crippen molar-refractivity contribution in [1.82, 2.24) is 5.32 Å². The maximum Gasteiger partial charge on any atom is 0.329 e. The molecule has 0 saturated heterocycles. The predicted molar refractivity (Wildman–Crippen MR) is 39.4 cm³/mol. The number of hydrogen-bond donors (Lipinski definition) is 3. The number of nitrogens with one attached hydrogen (secondary N) is 1. The molecule has 12 heavy (non-hydrogen) atoms. The van der Waals surface area contributed by atoms with E-state index in [-0.39, 0.29) is 18.4 Å². The maximum absolute atomic E-state index is 10.7. The van der Waals surface area contributed by atoms with Gasteiger partial charge in [-0.3, -0.25) is 4.79 Å². The van der Waals surface area contributed by atoms with Gasteiger partial charge in [-0.15, -0.1) is 0 Å². The van der Waals surface area contributed by atoms with Gasteiger partial charge in [0.05, 0.1) is 0 Å². The third kappa shape index (κ3) is 1.27. The minimum absolute atomic E-state index is 0.202. The first-order chi connectivity index (χ1) is 5.53. The maximum atomic E-state index is 10.7. The zero-order valence-corrected chi connectivity index (χ0v) is 6.70. The molecule has 0 spiro atoms. The molecule has 0 heterocycles. The summed E-state index contributed by atoms with van der Waals surface area (Å²) < 4.78 is 0. The Morgan fingerprint density at radius 2 is 2.25 bits per heavy atom. The highest BCUT2D eigenvalue weighted by Crippen LogP contribution is 2.43. The van der Waals surface area contributed by atoms with E-state index in [0.717, 1.165) is 0 Å². The van der Waals surface area contributed by atoms with Crippen molar-refractivity contribution in [3.8, 4) is 0 Å². The molecule has 0 aromatic rings. The number of carbonyl (C=O) groups excluding carboxylic acids is 1. The van der Waals surface area contributed by atoms with E-state index < -0.39 is 11.5 Å². The molecule has 1 saturated carbocycles. The monoisotopic (exact) mass is 173 g/mol. The molecule has 5 heteroatoms. The largest absolute Gasteiger partial charge is 0.479 e. The molecule has 1 fully saturated rings. The highest BCUT2D eigenvalue weighted by atomic mass is 16.4. The summed E-state index contributed by atoms with van der Waals surface area (Å²) in [6.07, 6.45) is 0.318. The van der Waals surface area contributed by atoms with E-state index in [1.165, 1.54) is 6.92 Å². The van der Waals surface area contributed by atoms with E-state index >= 15 is 0 Å². The average molecular weight is 173 g/mol. The lowest BCUT2D eigenvalue weighted by Crippen LogP contribution is -2.44. The highest BCUT2D eigenvalue weighted by molar-refractivity contribution is 5.89. The Morgan fingerprint density at radius 1 is 1.67 bits per heavy atom. The Labute approximate surface area is 69.4 Å². The molecule has 1 aliphatic carbocycles. The minimum Gasteiger partial charge on any atom is -0.479 e. The van der Waals surface area contributed by atoms with Crippen LogP contribution in [-0.2, 0) is 9.59 Å². The van der Waals surface area contributed by atoms with E-state index in [1.54, 1.807) is 0 Å². The van der Waals surface area contributed by atoms with Gasteiger partial charge in [-0.2, -0.15) is 0 Å². The van der Waals surface area contributed by atoms with E-state index in [2.05, 4.69) is 5.32 Å². The summed E-state index contributed by atoms with van der Waals surface area (Å²) in [5.41, 5.74) is -1.19.